The van der Waals surface area contributed by atoms with Crippen LogP contribution < -0.4 is 0 Å². The Bertz CT molecular complexity index is 231. The van der Waals surface area contributed by atoms with Crippen molar-refractivity contribution in [2.24, 2.45) is 5.92 Å². The predicted molar refractivity (Wildman–Crippen MR) is 66.7 cm³/mol. The summed E-state index contributed by atoms with van der Waals surface area (Å²) in [4.78, 5) is 23.5. The zero-order valence-electron chi connectivity index (χ0n) is 10.2. The Balaban J connectivity index is 3.61. The average Bonchev–Trinajstić information content (AvgIpc) is 2.16. The first-order chi connectivity index (χ1) is 7.43. The second kappa shape index (κ2) is 8.44. The Morgan fingerprint density at radius 3 is 2.50 bits per heavy atom. The highest BCUT2D eigenvalue weighted by Gasteiger charge is 2.09. The summed E-state index contributed by atoms with van der Waals surface area (Å²) < 4.78 is 0. The molecular formula is C11H21NO3S. The molecule has 0 heterocycles. The normalized spacial score (nSPS) is 10.5. The van der Waals surface area contributed by atoms with Crippen molar-refractivity contribution in [2.75, 3.05) is 25.1 Å². The summed E-state index contributed by atoms with van der Waals surface area (Å²) in [6.07, 6.45) is 0.642. The lowest BCUT2D eigenvalue weighted by Gasteiger charge is -2.16. The van der Waals surface area contributed by atoms with E-state index in [0.29, 0.717) is 24.6 Å². The molecule has 4 nitrogen and oxygen atoms in total. The first kappa shape index (κ1) is 15.3. The Morgan fingerprint density at radius 1 is 1.38 bits per heavy atom. The quantitative estimate of drug-likeness (QED) is 0.709. The van der Waals surface area contributed by atoms with Crippen molar-refractivity contribution in [3.8, 4) is 0 Å². The monoisotopic (exact) mass is 247 g/mol. The molecule has 0 saturated carbocycles. The van der Waals surface area contributed by atoms with Crippen molar-refractivity contribution >= 4 is 23.6 Å². The molecule has 0 aromatic rings. The van der Waals surface area contributed by atoms with Crippen LogP contribution in [0, 0.1) is 5.92 Å². The van der Waals surface area contributed by atoms with E-state index >= 15 is 0 Å². The second-order valence-corrected chi connectivity index (χ2v) is 5.25. The molecule has 0 saturated heterocycles. The summed E-state index contributed by atoms with van der Waals surface area (Å²) in [5, 5.41) is 8.46. The highest BCUT2D eigenvalue weighted by Crippen LogP contribution is 2.08. The largest absolute Gasteiger partial charge is 0.481 e. The third-order valence-corrected chi connectivity index (χ3v) is 3.34. The molecule has 0 aromatic heterocycles. The SMILES string of the molecule is CC(C)CSCC(=O)N(C)CCCC(=O)O. The van der Waals surface area contributed by atoms with Gasteiger partial charge in [0, 0.05) is 20.0 Å². The van der Waals surface area contributed by atoms with E-state index in [1.807, 2.05) is 0 Å². The van der Waals surface area contributed by atoms with Crippen LogP contribution in [0.1, 0.15) is 26.7 Å². The molecule has 0 radical (unpaired) electrons. The number of rotatable bonds is 8. The van der Waals surface area contributed by atoms with E-state index in [0.717, 1.165) is 5.75 Å². The number of thioether (sulfide) groups is 1. The van der Waals surface area contributed by atoms with E-state index in [9.17, 15) is 9.59 Å². The summed E-state index contributed by atoms with van der Waals surface area (Å²) in [6, 6.07) is 0. The van der Waals surface area contributed by atoms with Gasteiger partial charge < -0.3 is 10.0 Å². The van der Waals surface area contributed by atoms with Gasteiger partial charge in [0.15, 0.2) is 0 Å². The van der Waals surface area contributed by atoms with Crippen LogP contribution in [-0.4, -0.2) is 47.0 Å². The number of nitrogens with zero attached hydrogens (tertiary/aromatic N) is 1. The van der Waals surface area contributed by atoms with Crippen LogP contribution in [0.25, 0.3) is 0 Å². The summed E-state index contributed by atoms with van der Waals surface area (Å²) >= 11 is 1.63. The van der Waals surface area contributed by atoms with Gasteiger partial charge in [-0.05, 0) is 18.1 Å². The zero-order chi connectivity index (χ0) is 12.6. The lowest BCUT2D eigenvalue weighted by atomic mass is 10.3. The molecule has 0 rings (SSSR count). The number of hydrogen-bond donors (Lipinski definition) is 1. The van der Waals surface area contributed by atoms with Gasteiger partial charge in [-0.25, -0.2) is 0 Å². The number of carboxylic acid groups (broad SMARTS) is 1. The molecule has 0 aliphatic rings. The van der Waals surface area contributed by atoms with Gasteiger partial charge in [-0.2, -0.15) is 11.8 Å². The Labute approximate surface area is 101 Å². The molecule has 0 aromatic carbocycles. The maximum atomic E-state index is 11.6. The summed E-state index contributed by atoms with van der Waals surface area (Å²) in [7, 11) is 1.72. The molecule has 0 fully saturated rings. The number of aliphatic carboxylic acids is 1. The van der Waals surface area contributed by atoms with Gasteiger partial charge in [0.2, 0.25) is 5.91 Å². The predicted octanol–water partition coefficient (Wildman–Crippen LogP) is 1.70. The molecule has 94 valence electrons. The van der Waals surface area contributed by atoms with Crippen LogP contribution in [0.15, 0.2) is 0 Å². The van der Waals surface area contributed by atoms with Crippen molar-refractivity contribution in [3.63, 3.8) is 0 Å². The number of amides is 1. The molecule has 0 aliphatic heterocycles. The van der Waals surface area contributed by atoms with E-state index in [-0.39, 0.29) is 12.3 Å². The maximum absolute atomic E-state index is 11.6. The highest BCUT2D eigenvalue weighted by molar-refractivity contribution is 7.99. The number of carbonyl (C=O) groups is 2. The minimum atomic E-state index is -0.810. The molecule has 0 spiro atoms. The fraction of sp³-hybridized carbons (Fsp3) is 0.818. The van der Waals surface area contributed by atoms with Gasteiger partial charge in [0.05, 0.1) is 5.75 Å². The molecule has 16 heavy (non-hydrogen) atoms. The first-order valence-corrected chi connectivity index (χ1v) is 6.62. The minimum Gasteiger partial charge on any atom is -0.481 e. The number of carbonyl (C=O) groups excluding carboxylic acids is 1. The van der Waals surface area contributed by atoms with Gasteiger partial charge in [-0.3, -0.25) is 9.59 Å². The molecule has 5 heteroatoms. The Kier molecular flexibility index (Phi) is 8.07. The lowest BCUT2D eigenvalue weighted by Crippen LogP contribution is -2.29. The van der Waals surface area contributed by atoms with E-state index in [4.69, 9.17) is 5.11 Å². The Morgan fingerprint density at radius 2 is 2.00 bits per heavy atom. The van der Waals surface area contributed by atoms with Crippen molar-refractivity contribution in [3.05, 3.63) is 0 Å². The molecule has 0 aliphatic carbocycles. The Hall–Kier alpha value is -0.710. The minimum absolute atomic E-state index is 0.0797. The van der Waals surface area contributed by atoms with Gasteiger partial charge in [0.1, 0.15) is 0 Å². The van der Waals surface area contributed by atoms with Crippen molar-refractivity contribution < 1.29 is 14.7 Å². The van der Waals surface area contributed by atoms with Crippen LogP contribution in [0.2, 0.25) is 0 Å². The fourth-order valence-corrected chi connectivity index (χ4v) is 2.07. The number of hydrogen-bond acceptors (Lipinski definition) is 3. The van der Waals surface area contributed by atoms with Crippen LogP contribution in [0.5, 0.6) is 0 Å². The third-order valence-electron chi connectivity index (χ3n) is 1.99. The zero-order valence-corrected chi connectivity index (χ0v) is 11.0. The van der Waals surface area contributed by atoms with Gasteiger partial charge in [-0.15, -0.1) is 0 Å². The van der Waals surface area contributed by atoms with Gasteiger partial charge in [-0.1, -0.05) is 13.8 Å². The maximum Gasteiger partial charge on any atom is 0.303 e. The van der Waals surface area contributed by atoms with E-state index < -0.39 is 5.97 Å². The molecular weight excluding hydrogens is 226 g/mol. The molecule has 0 unspecified atom stereocenters. The number of carboxylic acids is 1. The van der Waals surface area contributed by atoms with Crippen LogP contribution >= 0.6 is 11.8 Å². The molecule has 1 amide bonds. The first-order valence-electron chi connectivity index (χ1n) is 5.47. The summed E-state index contributed by atoms with van der Waals surface area (Å²) in [6.45, 7) is 4.76. The fourth-order valence-electron chi connectivity index (χ4n) is 1.08. The molecule has 1 N–H and O–H groups in total. The van der Waals surface area contributed by atoms with Crippen LogP contribution in [-0.2, 0) is 9.59 Å². The molecule has 0 bridgehead atoms. The highest BCUT2D eigenvalue weighted by atomic mass is 32.2. The van der Waals surface area contributed by atoms with E-state index in [1.54, 1.807) is 23.7 Å². The van der Waals surface area contributed by atoms with Crippen molar-refractivity contribution in [2.45, 2.75) is 26.7 Å². The summed E-state index contributed by atoms with van der Waals surface area (Å²) in [5.74, 6) is 1.33. The lowest BCUT2D eigenvalue weighted by molar-refractivity contribution is -0.137. The van der Waals surface area contributed by atoms with E-state index in [1.165, 1.54) is 0 Å². The molecule has 0 atom stereocenters. The van der Waals surface area contributed by atoms with Gasteiger partial charge in [0.25, 0.3) is 0 Å². The third kappa shape index (κ3) is 8.59. The van der Waals surface area contributed by atoms with Crippen LogP contribution in [0.4, 0.5) is 0 Å². The smallest absolute Gasteiger partial charge is 0.303 e. The van der Waals surface area contributed by atoms with E-state index in [2.05, 4.69) is 13.8 Å². The average molecular weight is 247 g/mol. The van der Waals surface area contributed by atoms with Crippen LogP contribution in [0.3, 0.4) is 0 Å². The second-order valence-electron chi connectivity index (χ2n) is 4.22. The topological polar surface area (TPSA) is 57.6 Å². The standard InChI is InChI=1S/C11H21NO3S/c1-9(2)7-16-8-10(13)12(3)6-4-5-11(14)15/h9H,4-8H2,1-3H3,(H,14,15). The summed E-state index contributed by atoms with van der Waals surface area (Å²) in [5.41, 5.74) is 0. The van der Waals surface area contributed by atoms with Crippen molar-refractivity contribution in [1.29, 1.82) is 0 Å². The van der Waals surface area contributed by atoms with Crippen molar-refractivity contribution in [1.82, 2.24) is 4.90 Å². The van der Waals surface area contributed by atoms with Gasteiger partial charge >= 0.3 is 5.97 Å².